The zero-order valence-electron chi connectivity index (χ0n) is 18.1. The molecule has 0 saturated carbocycles. The first kappa shape index (κ1) is 22.3. The van der Waals surface area contributed by atoms with E-state index in [1.807, 2.05) is 32.9 Å². The van der Waals surface area contributed by atoms with Crippen molar-refractivity contribution >= 4 is 11.8 Å². The van der Waals surface area contributed by atoms with Crippen LogP contribution in [0.2, 0.25) is 0 Å². The summed E-state index contributed by atoms with van der Waals surface area (Å²) in [6, 6.07) is 3.63. The van der Waals surface area contributed by atoms with Crippen molar-refractivity contribution in [1.29, 1.82) is 0 Å². The van der Waals surface area contributed by atoms with Gasteiger partial charge in [-0.2, -0.15) is 0 Å². The van der Waals surface area contributed by atoms with Gasteiger partial charge in [-0.25, -0.2) is 0 Å². The number of hydrogen-bond acceptors (Lipinski definition) is 4. The highest BCUT2D eigenvalue weighted by Gasteiger charge is 2.32. The van der Waals surface area contributed by atoms with Gasteiger partial charge in [0.15, 0.2) is 0 Å². The fraction of sp³-hybridized carbons (Fsp3) is 0.682. The lowest BCUT2D eigenvalue weighted by atomic mass is 9.84. The summed E-state index contributed by atoms with van der Waals surface area (Å²) in [7, 11) is 1.79. The molecular formula is C22H35N3O3. The van der Waals surface area contributed by atoms with E-state index in [0.29, 0.717) is 19.6 Å². The minimum absolute atomic E-state index is 0.00530. The van der Waals surface area contributed by atoms with Crippen LogP contribution < -0.4 is 5.32 Å². The maximum Gasteiger partial charge on any atom is 0.230 e. The molecule has 0 aromatic carbocycles. The molecule has 2 rings (SSSR count). The quantitative estimate of drug-likeness (QED) is 0.778. The Labute approximate surface area is 169 Å². The Kier molecular flexibility index (Phi) is 7.21. The Balaban J connectivity index is 1.82. The molecule has 156 valence electrons. The van der Waals surface area contributed by atoms with Crippen molar-refractivity contribution in [3.63, 3.8) is 0 Å². The van der Waals surface area contributed by atoms with E-state index in [4.69, 9.17) is 4.74 Å². The Hall–Kier alpha value is -1.95. The van der Waals surface area contributed by atoms with Gasteiger partial charge in [-0.3, -0.25) is 14.6 Å². The molecule has 1 aromatic rings. The molecule has 1 aliphatic rings. The molecule has 6 heteroatoms. The first-order valence-corrected chi connectivity index (χ1v) is 10.1. The number of ether oxygens (including phenoxy) is 1. The van der Waals surface area contributed by atoms with Crippen LogP contribution in [-0.4, -0.2) is 54.0 Å². The van der Waals surface area contributed by atoms with E-state index >= 15 is 0 Å². The second-order valence-corrected chi connectivity index (χ2v) is 9.27. The van der Waals surface area contributed by atoms with E-state index in [1.165, 1.54) is 0 Å². The van der Waals surface area contributed by atoms with Gasteiger partial charge in [0.05, 0.1) is 24.5 Å². The average molecular weight is 390 g/mol. The van der Waals surface area contributed by atoms with Crippen LogP contribution in [0.5, 0.6) is 0 Å². The molecule has 28 heavy (non-hydrogen) atoms. The molecule has 0 bridgehead atoms. The normalized spacial score (nSPS) is 20.3. The smallest absolute Gasteiger partial charge is 0.230 e. The first-order chi connectivity index (χ1) is 13.0. The van der Waals surface area contributed by atoms with Crippen molar-refractivity contribution in [2.24, 2.45) is 5.41 Å². The predicted octanol–water partition coefficient (Wildman–Crippen LogP) is 2.92. The fourth-order valence-electron chi connectivity index (χ4n) is 3.26. The summed E-state index contributed by atoms with van der Waals surface area (Å²) in [5.41, 5.74) is 0.380. The molecular weight excluding hydrogens is 354 g/mol. The monoisotopic (exact) mass is 389 g/mol. The zero-order valence-corrected chi connectivity index (χ0v) is 18.1. The summed E-state index contributed by atoms with van der Waals surface area (Å²) in [5, 5.41) is 2.98. The zero-order chi connectivity index (χ0) is 20.9. The Morgan fingerprint density at radius 2 is 2.14 bits per heavy atom. The third-order valence-electron chi connectivity index (χ3n) is 5.82. The lowest BCUT2D eigenvalue weighted by Gasteiger charge is -2.35. The van der Waals surface area contributed by atoms with Gasteiger partial charge in [-0.15, -0.1) is 0 Å². The van der Waals surface area contributed by atoms with Crippen LogP contribution >= 0.6 is 0 Å². The van der Waals surface area contributed by atoms with E-state index in [0.717, 1.165) is 18.4 Å². The minimum Gasteiger partial charge on any atom is -0.377 e. The molecule has 6 nitrogen and oxygen atoms in total. The molecule has 1 saturated heterocycles. The highest BCUT2D eigenvalue weighted by atomic mass is 16.5. The summed E-state index contributed by atoms with van der Waals surface area (Å²) >= 11 is 0. The molecule has 2 atom stereocenters. The number of hydrogen-bond donors (Lipinski definition) is 1. The second-order valence-electron chi connectivity index (χ2n) is 9.27. The van der Waals surface area contributed by atoms with Gasteiger partial charge in [-0.05, 0) is 50.7 Å². The van der Waals surface area contributed by atoms with Crippen LogP contribution in [0.4, 0.5) is 0 Å². The molecule has 2 amide bonds. The van der Waals surface area contributed by atoms with E-state index in [9.17, 15) is 9.59 Å². The Morgan fingerprint density at radius 3 is 2.71 bits per heavy atom. The van der Waals surface area contributed by atoms with E-state index < -0.39 is 5.41 Å². The van der Waals surface area contributed by atoms with E-state index in [2.05, 4.69) is 24.1 Å². The van der Waals surface area contributed by atoms with Gasteiger partial charge in [0.25, 0.3) is 0 Å². The van der Waals surface area contributed by atoms with E-state index in [1.54, 1.807) is 24.3 Å². The van der Waals surface area contributed by atoms with Gasteiger partial charge in [0.1, 0.15) is 0 Å². The second kappa shape index (κ2) is 9.03. The molecule has 0 radical (unpaired) electrons. The third-order valence-corrected chi connectivity index (χ3v) is 5.82. The Morgan fingerprint density at radius 1 is 1.43 bits per heavy atom. The van der Waals surface area contributed by atoms with Crippen molar-refractivity contribution in [3.8, 4) is 0 Å². The number of pyridine rings is 1. The predicted molar refractivity (Wildman–Crippen MR) is 110 cm³/mol. The number of likely N-dealkylation sites (N-methyl/N-ethyl adjacent to an activating group) is 1. The maximum absolute atomic E-state index is 12.7. The molecule has 2 heterocycles. The number of rotatable bonds is 7. The number of amides is 2. The summed E-state index contributed by atoms with van der Waals surface area (Å²) in [5.74, 6) is -0.0241. The highest BCUT2D eigenvalue weighted by Crippen LogP contribution is 2.31. The molecule has 1 aliphatic heterocycles. The van der Waals surface area contributed by atoms with Gasteiger partial charge in [-0.1, -0.05) is 19.9 Å². The summed E-state index contributed by atoms with van der Waals surface area (Å²) in [6.07, 6.45) is 5.78. The largest absolute Gasteiger partial charge is 0.377 e. The lowest BCUT2D eigenvalue weighted by Crippen LogP contribution is -2.48. The third kappa shape index (κ3) is 5.77. The van der Waals surface area contributed by atoms with Crippen LogP contribution in [0.15, 0.2) is 24.5 Å². The number of carbonyl (C=O) groups excluding carboxylic acids is 2. The van der Waals surface area contributed by atoms with Gasteiger partial charge >= 0.3 is 0 Å². The van der Waals surface area contributed by atoms with Crippen LogP contribution in [-0.2, 0) is 19.7 Å². The van der Waals surface area contributed by atoms with Crippen molar-refractivity contribution in [2.75, 3.05) is 20.2 Å². The molecule has 1 aromatic heterocycles. The van der Waals surface area contributed by atoms with Crippen LogP contribution in [0.3, 0.4) is 0 Å². The average Bonchev–Trinajstić information content (AvgIpc) is 2.67. The van der Waals surface area contributed by atoms with Crippen LogP contribution in [0.1, 0.15) is 59.4 Å². The Bertz CT molecular complexity index is 663. The summed E-state index contributed by atoms with van der Waals surface area (Å²) < 4.78 is 5.86. The SMILES string of the molecule is CC(CNC(=O)C(C)(C)c1cccnc1)N(C)C(=O)CC1CCC(C)(C)CO1. The van der Waals surface area contributed by atoms with Crippen molar-refractivity contribution < 1.29 is 14.3 Å². The standard InChI is InChI=1S/C22H35N3O3/c1-16(13-24-20(27)22(4,5)17-8-7-11-23-14-17)25(6)19(26)12-18-9-10-21(2,3)15-28-18/h7-8,11,14,16,18H,9-10,12-13,15H2,1-6H3,(H,24,27). The molecule has 0 spiro atoms. The number of nitrogens with one attached hydrogen (secondary N) is 1. The lowest BCUT2D eigenvalue weighted by molar-refractivity contribution is -0.138. The van der Waals surface area contributed by atoms with E-state index in [-0.39, 0.29) is 29.4 Å². The summed E-state index contributed by atoms with van der Waals surface area (Å²) in [6.45, 7) is 11.2. The maximum atomic E-state index is 12.7. The van der Waals surface area contributed by atoms with Crippen LogP contribution in [0.25, 0.3) is 0 Å². The molecule has 2 unspecified atom stereocenters. The molecule has 1 fully saturated rings. The molecule has 0 aliphatic carbocycles. The summed E-state index contributed by atoms with van der Waals surface area (Å²) in [4.78, 5) is 31.1. The topological polar surface area (TPSA) is 71.5 Å². The van der Waals surface area contributed by atoms with Crippen molar-refractivity contribution in [2.45, 2.75) is 71.4 Å². The van der Waals surface area contributed by atoms with Crippen molar-refractivity contribution in [3.05, 3.63) is 30.1 Å². The van der Waals surface area contributed by atoms with Crippen LogP contribution in [0, 0.1) is 5.41 Å². The highest BCUT2D eigenvalue weighted by molar-refractivity contribution is 5.87. The fourth-order valence-corrected chi connectivity index (χ4v) is 3.26. The van der Waals surface area contributed by atoms with Gasteiger partial charge in [0, 0.05) is 32.0 Å². The minimum atomic E-state index is -0.681. The molecule has 1 N–H and O–H groups in total. The number of carbonyl (C=O) groups is 2. The number of nitrogens with zero attached hydrogens (tertiary/aromatic N) is 2. The van der Waals surface area contributed by atoms with Crippen molar-refractivity contribution in [1.82, 2.24) is 15.2 Å². The first-order valence-electron chi connectivity index (χ1n) is 10.1. The van der Waals surface area contributed by atoms with Gasteiger partial charge in [0.2, 0.25) is 11.8 Å². The van der Waals surface area contributed by atoms with Gasteiger partial charge < -0.3 is 15.0 Å². The number of aromatic nitrogens is 1.